The van der Waals surface area contributed by atoms with Crippen molar-refractivity contribution in [3.63, 3.8) is 0 Å². The first kappa shape index (κ1) is 17.4. The van der Waals surface area contributed by atoms with Crippen molar-refractivity contribution in [2.24, 2.45) is 11.7 Å². The molecule has 1 saturated heterocycles. The summed E-state index contributed by atoms with van der Waals surface area (Å²) < 4.78 is 0. The number of nitrogens with two attached hydrogens (primary N) is 1. The molecule has 22 heavy (non-hydrogen) atoms. The second-order valence-corrected chi connectivity index (χ2v) is 7.90. The zero-order valence-electron chi connectivity index (χ0n) is 14.1. The summed E-state index contributed by atoms with van der Waals surface area (Å²) in [5.41, 5.74) is 8.46. The van der Waals surface area contributed by atoms with Crippen LogP contribution in [0.25, 0.3) is 0 Å². The molecule has 2 N–H and O–H groups in total. The van der Waals surface area contributed by atoms with Crippen LogP contribution in [0.3, 0.4) is 0 Å². The summed E-state index contributed by atoms with van der Waals surface area (Å²) in [7, 11) is 0. The monoisotopic (exact) mass is 320 g/mol. The number of hydrogen-bond donors (Lipinski definition) is 1. The van der Waals surface area contributed by atoms with Gasteiger partial charge in [0, 0.05) is 24.0 Å². The van der Waals surface area contributed by atoms with Crippen molar-refractivity contribution < 1.29 is 4.79 Å². The summed E-state index contributed by atoms with van der Waals surface area (Å²) in [6, 6.07) is 6.71. The zero-order valence-corrected chi connectivity index (χ0v) is 15.0. The Morgan fingerprint density at radius 3 is 2.45 bits per heavy atom. The zero-order chi connectivity index (χ0) is 16.3. The Bertz CT molecular complexity index is 522. The molecule has 2 rings (SSSR count). The molecule has 0 bridgehead atoms. The maximum absolute atomic E-state index is 12.9. The Labute approximate surface area is 138 Å². The Morgan fingerprint density at radius 1 is 1.27 bits per heavy atom. The number of nitrogens with zero attached hydrogens (tertiary/aromatic N) is 1. The molecule has 0 aliphatic carbocycles. The highest BCUT2D eigenvalue weighted by molar-refractivity contribution is 8.00. The summed E-state index contributed by atoms with van der Waals surface area (Å²) in [5, 5.41) is -0.0178. The van der Waals surface area contributed by atoms with E-state index in [9.17, 15) is 4.79 Å². The van der Waals surface area contributed by atoms with Crippen LogP contribution in [-0.2, 0) is 4.79 Å². The fraction of sp³-hybridized carbons (Fsp3) is 0.611. The Hall–Kier alpha value is -1.00. The van der Waals surface area contributed by atoms with Crippen LogP contribution < -0.4 is 5.73 Å². The minimum absolute atomic E-state index is 0.0178. The van der Waals surface area contributed by atoms with E-state index in [1.54, 1.807) is 11.8 Å². The first-order chi connectivity index (χ1) is 10.4. The number of hydrogen-bond acceptors (Lipinski definition) is 3. The van der Waals surface area contributed by atoms with Crippen molar-refractivity contribution in [2.75, 3.05) is 13.1 Å². The van der Waals surface area contributed by atoms with Crippen molar-refractivity contribution >= 4 is 17.7 Å². The van der Waals surface area contributed by atoms with Crippen LogP contribution in [-0.4, -0.2) is 35.2 Å². The van der Waals surface area contributed by atoms with E-state index in [-0.39, 0.29) is 17.2 Å². The fourth-order valence-corrected chi connectivity index (χ4v) is 4.03. The first-order valence-corrected chi connectivity index (χ1v) is 9.04. The van der Waals surface area contributed by atoms with Gasteiger partial charge in [0.2, 0.25) is 5.91 Å². The summed E-state index contributed by atoms with van der Waals surface area (Å²) in [6.07, 6.45) is 1.84. The number of thioether (sulfide) groups is 1. The molecule has 1 aliphatic heterocycles. The predicted octanol–water partition coefficient (Wildman–Crippen LogP) is 3.37. The van der Waals surface area contributed by atoms with Gasteiger partial charge in [0.1, 0.15) is 0 Å². The van der Waals surface area contributed by atoms with Gasteiger partial charge in [-0.25, -0.2) is 0 Å². The van der Waals surface area contributed by atoms with E-state index >= 15 is 0 Å². The lowest BCUT2D eigenvalue weighted by atomic mass is 10.0. The molecule has 1 unspecified atom stereocenters. The van der Waals surface area contributed by atoms with Crippen LogP contribution in [0.5, 0.6) is 0 Å². The summed E-state index contributed by atoms with van der Waals surface area (Å²) in [6.45, 7) is 10.1. The molecular formula is C18H28N2OS. The van der Waals surface area contributed by atoms with Gasteiger partial charge in [0.25, 0.3) is 0 Å². The van der Waals surface area contributed by atoms with E-state index in [2.05, 4.69) is 45.9 Å². The molecule has 0 spiro atoms. The number of carbonyl (C=O) groups excluding carboxylic acids is 1. The SMILES string of the molecule is Cc1ccc(SC(C(=O)N2CCC(N)CC2)C(C)C)c(C)c1. The third-order valence-corrected chi connectivity index (χ3v) is 6.00. The molecule has 4 heteroatoms. The lowest BCUT2D eigenvalue weighted by Crippen LogP contribution is -2.47. The second kappa shape index (κ2) is 7.51. The standard InChI is InChI=1S/C18H28N2OS/c1-12(2)17(18(21)20-9-7-15(19)8-10-20)22-16-6-5-13(3)11-14(16)4/h5-6,11-12,15,17H,7-10,19H2,1-4H3. The van der Waals surface area contributed by atoms with Crippen molar-refractivity contribution in [2.45, 2.75) is 56.7 Å². The lowest BCUT2D eigenvalue weighted by molar-refractivity contribution is -0.132. The third-order valence-electron chi connectivity index (χ3n) is 4.28. The largest absolute Gasteiger partial charge is 0.342 e. The van der Waals surface area contributed by atoms with Crippen LogP contribution in [0, 0.1) is 19.8 Å². The molecule has 1 aliphatic rings. The van der Waals surface area contributed by atoms with Gasteiger partial charge in [0.15, 0.2) is 0 Å². The van der Waals surface area contributed by atoms with Crippen LogP contribution >= 0.6 is 11.8 Å². The maximum atomic E-state index is 12.9. The topological polar surface area (TPSA) is 46.3 Å². The average Bonchev–Trinajstić information content (AvgIpc) is 2.46. The third kappa shape index (κ3) is 4.26. The molecule has 1 atom stereocenters. The molecule has 0 radical (unpaired) electrons. The molecule has 0 aromatic heterocycles. The number of benzene rings is 1. The molecule has 1 amide bonds. The average molecular weight is 321 g/mol. The van der Waals surface area contributed by atoms with E-state index in [0.717, 1.165) is 25.9 Å². The number of piperidine rings is 1. The Balaban J connectivity index is 2.10. The van der Waals surface area contributed by atoms with Gasteiger partial charge in [0.05, 0.1) is 5.25 Å². The van der Waals surface area contributed by atoms with Crippen LogP contribution in [0.4, 0.5) is 0 Å². The quantitative estimate of drug-likeness (QED) is 0.865. The smallest absolute Gasteiger partial charge is 0.236 e. The van der Waals surface area contributed by atoms with Crippen LogP contribution in [0.2, 0.25) is 0 Å². The fourth-order valence-electron chi connectivity index (χ4n) is 2.84. The first-order valence-electron chi connectivity index (χ1n) is 8.16. The number of likely N-dealkylation sites (tertiary alicyclic amines) is 1. The molecule has 1 aromatic carbocycles. The van der Waals surface area contributed by atoms with Gasteiger partial charge in [-0.2, -0.15) is 0 Å². The van der Waals surface area contributed by atoms with Crippen molar-refractivity contribution in [1.82, 2.24) is 4.90 Å². The van der Waals surface area contributed by atoms with E-state index in [1.807, 2.05) is 4.90 Å². The number of rotatable bonds is 4. The minimum Gasteiger partial charge on any atom is -0.342 e. The number of aryl methyl sites for hydroxylation is 2. The Morgan fingerprint density at radius 2 is 1.91 bits per heavy atom. The van der Waals surface area contributed by atoms with Gasteiger partial charge in [-0.1, -0.05) is 31.5 Å². The maximum Gasteiger partial charge on any atom is 0.236 e. The van der Waals surface area contributed by atoms with Crippen molar-refractivity contribution in [3.05, 3.63) is 29.3 Å². The van der Waals surface area contributed by atoms with Crippen molar-refractivity contribution in [3.8, 4) is 0 Å². The Kier molecular flexibility index (Phi) is 5.93. The van der Waals surface area contributed by atoms with Gasteiger partial charge < -0.3 is 10.6 Å². The van der Waals surface area contributed by atoms with E-state index in [1.165, 1.54) is 16.0 Å². The van der Waals surface area contributed by atoms with Gasteiger partial charge in [-0.3, -0.25) is 4.79 Å². The summed E-state index contributed by atoms with van der Waals surface area (Å²) in [5.74, 6) is 0.584. The van der Waals surface area contributed by atoms with Crippen LogP contribution in [0.1, 0.15) is 37.8 Å². The normalized spacial score (nSPS) is 17.8. The second-order valence-electron chi connectivity index (χ2n) is 6.71. The highest BCUT2D eigenvalue weighted by atomic mass is 32.2. The summed E-state index contributed by atoms with van der Waals surface area (Å²) >= 11 is 1.71. The van der Waals surface area contributed by atoms with Gasteiger partial charge in [-0.05, 0) is 44.2 Å². The molecule has 122 valence electrons. The predicted molar refractivity (Wildman–Crippen MR) is 94.2 cm³/mol. The van der Waals surface area contributed by atoms with E-state index < -0.39 is 0 Å². The number of amides is 1. The van der Waals surface area contributed by atoms with Crippen LogP contribution in [0.15, 0.2) is 23.1 Å². The van der Waals surface area contributed by atoms with E-state index in [4.69, 9.17) is 5.73 Å². The molecule has 1 heterocycles. The molecular weight excluding hydrogens is 292 g/mol. The number of carbonyl (C=O) groups is 1. The molecule has 3 nitrogen and oxygen atoms in total. The highest BCUT2D eigenvalue weighted by Crippen LogP contribution is 2.32. The highest BCUT2D eigenvalue weighted by Gasteiger charge is 2.30. The summed E-state index contributed by atoms with van der Waals surface area (Å²) in [4.78, 5) is 16.1. The van der Waals surface area contributed by atoms with Gasteiger partial charge >= 0.3 is 0 Å². The molecule has 0 saturated carbocycles. The lowest BCUT2D eigenvalue weighted by Gasteiger charge is -2.34. The minimum atomic E-state index is -0.0178. The molecule has 1 aromatic rings. The molecule has 1 fully saturated rings. The van der Waals surface area contributed by atoms with Gasteiger partial charge in [-0.15, -0.1) is 11.8 Å². The van der Waals surface area contributed by atoms with E-state index in [0.29, 0.717) is 5.92 Å². The van der Waals surface area contributed by atoms with Crippen molar-refractivity contribution in [1.29, 1.82) is 0 Å².